The first-order chi connectivity index (χ1) is 11.7. The zero-order chi connectivity index (χ0) is 17.2. The summed E-state index contributed by atoms with van der Waals surface area (Å²) in [5.41, 5.74) is 3.27. The average Bonchev–Trinajstić information content (AvgIpc) is 2.59. The number of halogens is 2. The molecule has 0 atom stereocenters. The molecule has 0 aliphatic carbocycles. The summed E-state index contributed by atoms with van der Waals surface area (Å²) in [7, 11) is 1.69. The van der Waals surface area contributed by atoms with Gasteiger partial charge in [-0.2, -0.15) is 0 Å². The van der Waals surface area contributed by atoms with Crippen LogP contribution in [0, 0.1) is 5.82 Å². The van der Waals surface area contributed by atoms with E-state index in [0.717, 1.165) is 29.2 Å². The standard InChI is InChI=1S/C19H24FN3O.HI/c1-3-21-19(22-12-15-7-9-18(20)10-8-15)23-13-16-5-4-6-17(11-16)14-24-2;/h4-11H,3,12-14H2,1-2H3,(H2,21,22,23);1H. The molecule has 0 saturated carbocycles. The van der Waals surface area contributed by atoms with Crippen LogP contribution in [0.15, 0.2) is 53.5 Å². The minimum atomic E-state index is -0.227. The first-order valence-corrected chi connectivity index (χ1v) is 8.04. The van der Waals surface area contributed by atoms with E-state index in [4.69, 9.17) is 4.74 Å². The molecule has 0 fully saturated rings. The van der Waals surface area contributed by atoms with Crippen molar-refractivity contribution < 1.29 is 9.13 Å². The quantitative estimate of drug-likeness (QED) is 0.377. The van der Waals surface area contributed by atoms with E-state index < -0.39 is 0 Å². The molecule has 0 bridgehead atoms. The van der Waals surface area contributed by atoms with Gasteiger partial charge >= 0.3 is 0 Å². The molecule has 6 heteroatoms. The van der Waals surface area contributed by atoms with E-state index in [0.29, 0.717) is 19.7 Å². The van der Waals surface area contributed by atoms with Crippen LogP contribution in [0.3, 0.4) is 0 Å². The Bertz CT molecular complexity index is 662. The van der Waals surface area contributed by atoms with Gasteiger partial charge in [-0.05, 0) is 35.7 Å². The minimum Gasteiger partial charge on any atom is -0.380 e. The fraction of sp³-hybridized carbons (Fsp3) is 0.316. The number of hydrogen-bond acceptors (Lipinski definition) is 2. The number of hydrogen-bond donors (Lipinski definition) is 2. The topological polar surface area (TPSA) is 45.7 Å². The summed E-state index contributed by atoms with van der Waals surface area (Å²) in [4.78, 5) is 4.60. The summed E-state index contributed by atoms with van der Waals surface area (Å²) < 4.78 is 18.1. The number of nitrogens with one attached hydrogen (secondary N) is 2. The predicted octanol–water partition coefficient (Wildman–Crippen LogP) is 3.85. The third-order valence-electron chi connectivity index (χ3n) is 3.44. The lowest BCUT2D eigenvalue weighted by molar-refractivity contribution is 0.185. The molecular weight excluding hydrogens is 432 g/mol. The molecule has 2 aromatic rings. The molecule has 0 amide bonds. The zero-order valence-electron chi connectivity index (χ0n) is 14.6. The van der Waals surface area contributed by atoms with Gasteiger partial charge < -0.3 is 15.4 Å². The summed E-state index contributed by atoms with van der Waals surface area (Å²) >= 11 is 0. The van der Waals surface area contributed by atoms with Crippen LogP contribution in [-0.2, 0) is 24.4 Å². The number of ether oxygens (including phenoxy) is 1. The van der Waals surface area contributed by atoms with Crippen LogP contribution in [0.4, 0.5) is 4.39 Å². The molecule has 2 rings (SSSR count). The first kappa shape index (κ1) is 21.4. The lowest BCUT2D eigenvalue weighted by atomic mass is 10.1. The fourth-order valence-corrected chi connectivity index (χ4v) is 2.28. The molecule has 2 N–H and O–H groups in total. The van der Waals surface area contributed by atoms with Crippen LogP contribution in [0.1, 0.15) is 23.6 Å². The molecule has 0 aliphatic heterocycles. The highest BCUT2D eigenvalue weighted by atomic mass is 127. The second kappa shape index (κ2) is 11.8. The van der Waals surface area contributed by atoms with E-state index >= 15 is 0 Å². The van der Waals surface area contributed by atoms with Gasteiger partial charge in [0.1, 0.15) is 5.82 Å². The van der Waals surface area contributed by atoms with Gasteiger partial charge in [-0.15, -0.1) is 24.0 Å². The third kappa shape index (κ3) is 7.83. The largest absolute Gasteiger partial charge is 0.380 e. The van der Waals surface area contributed by atoms with Crippen LogP contribution >= 0.6 is 24.0 Å². The average molecular weight is 457 g/mol. The highest BCUT2D eigenvalue weighted by molar-refractivity contribution is 14.0. The Labute approximate surface area is 165 Å². The van der Waals surface area contributed by atoms with Crippen molar-refractivity contribution >= 4 is 29.9 Å². The van der Waals surface area contributed by atoms with Gasteiger partial charge in [0.05, 0.1) is 13.2 Å². The number of guanidine groups is 1. The van der Waals surface area contributed by atoms with Crippen molar-refractivity contribution in [3.8, 4) is 0 Å². The minimum absolute atomic E-state index is 0. The number of nitrogens with zero attached hydrogens (tertiary/aromatic N) is 1. The Hall–Kier alpha value is -1.67. The van der Waals surface area contributed by atoms with Crippen LogP contribution in [-0.4, -0.2) is 19.6 Å². The van der Waals surface area contributed by atoms with E-state index in [2.05, 4.69) is 21.7 Å². The third-order valence-corrected chi connectivity index (χ3v) is 3.44. The van der Waals surface area contributed by atoms with Gasteiger partial charge in [0.2, 0.25) is 0 Å². The van der Waals surface area contributed by atoms with E-state index in [1.54, 1.807) is 19.2 Å². The molecule has 0 aromatic heterocycles. The van der Waals surface area contributed by atoms with Gasteiger partial charge in [-0.1, -0.05) is 36.4 Å². The second-order valence-corrected chi connectivity index (χ2v) is 5.43. The second-order valence-electron chi connectivity index (χ2n) is 5.43. The van der Waals surface area contributed by atoms with Gasteiger partial charge in [0.15, 0.2) is 5.96 Å². The molecule has 0 saturated heterocycles. The van der Waals surface area contributed by atoms with Crippen molar-refractivity contribution in [3.05, 3.63) is 71.0 Å². The number of rotatable bonds is 7. The highest BCUT2D eigenvalue weighted by Crippen LogP contribution is 2.08. The summed E-state index contributed by atoms with van der Waals surface area (Å²) in [6.07, 6.45) is 0. The maximum Gasteiger partial charge on any atom is 0.191 e. The van der Waals surface area contributed by atoms with Crippen LogP contribution in [0.5, 0.6) is 0 Å². The summed E-state index contributed by atoms with van der Waals surface area (Å²) in [6.45, 7) is 4.57. The monoisotopic (exact) mass is 457 g/mol. The lowest BCUT2D eigenvalue weighted by Gasteiger charge is -2.11. The molecular formula is C19H25FIN3O. The maximum absolute atomic E-state index is 12.9. The van der Waals surface area contributed by atoms with E-state index in [1.807, 2.05) is 25.1 Å². The molecule has 136 valence electrons. The van der Waals surface area contributed by atoms with Crippen molar-refractivity contribution in [1.29, 1.82) is 0 Å². The van der Waals surface area contributed by atoms with Crippen molar-refractivity contribution in [3.63, 3.8) is 0 Å². The molecule has 0 heterocycles. The molecule has 25 heavy (non-hydrogen) atoms. The number of methoxy groups -OCH3 is 1. The van der Waals surface area contributed by atoms with Crippen LogP contribution < -0.4 is 10.6 Å². The summed E-state index contributed by atoms with van der Waals surface area (Å²) in [5, 5.41) is 6.47. The zero-order valence-corrected chi connectivity index (χ0v) is 16.9. The van der Waals surface area contributed by atoms with Gasteiger partial charge in [-0.3, -0.25) is 0 Å². The van der Waals surface area contributed by atoms with E-state index in [9.17, 15) is 4.39 Å². The van der Waals surface area contributed by atoms with Crippen LogP contribution in [0.2, 0.25) is 0 Å². The van der Waals surface area contributed by atoms with E-state index in [-0.39, 0.29) is 29.8 Å². The number of aliphatic imine (C=N–C) groups is 1. The predicted molar refractivity (Wildman–Crippen MR) is 111 cm³/mol. The van der Waals surface area contributed by atoms with Gasteiger partial charge in [0, 0.05) is 20.2 Å². The van der Waals surface area contributed by atoms with Crippen molar-refractivity contribution in [1.82, 2.24) is 10.6 Å². The van der Waals surface area contributed by atoms with Crippen molar-refractivity contribution in [2.24, 2.45) is 4.99 Å². The van der Waals surface area contributed by atoms with Crippen molar-refractivity contribution in [2.75, 3.05) is 13.7 Å². The summed E-state index contributed by atoms with van der Waals surface area (Å²) in [5.74, 6) is 0.509. The Morgan fingerprint density at radius 3 is 2.44 bits per heavy atom. The lowest BCUT2D eigenvalue weighted by Crippen LogP contribution is -2.36. The van der Waals surface area contributed by atoms with Gasteiger partial charge in [-0.25, -0.2) is 9.38 Å². The van der Waals surface area contributed by atoms with E-state index in [1.165, 1.54) is 12.1 Å². The normalized spacial score (nSPS) is 10.9. The van der Waals surface area contributed by atoms with Gasteiger partial charge in [0.25, 0.3) is 0 Å². The number of benzene rings is 2. The molecule has 0 aliphatic rings. The Balaban J connectivity index is 0.00000312. The maximum atomic E-state index is 12.9. The van der Waals surface area contributed by atoms with Crippen molar-refractivity contribution in [2.45, 2.75) is 26.6 Å². The Morgan fingerprint density at radius 2 is 1.76 bits per heavy atom. The highest BCUT2D eigenvalue weighted by Gasteiger charge is 2.00. The molecule has 0 radical (unpaired) electrons. The van der Waals surface area contributed by atoms with Crippen LogP contribution in [0.25, 0.3) is 0 Å². The SMILES string of the molecule is CCNC(=NCc1cccc(COC)c1)NCc1ccc(F)cc1.I. The summed E-state index contributed by atoms with van der Waals surface area (Å²) in [6, 6.07) is 14.6. The Morgan fingerprint density at radius 1 is 1.04 bits per heavy atom. The smallest absolute Gasteiger partial charge is 0.191 e. The first-order valence-electron chi connectivity index (χ1n) is 8.04. The molecule has 0 unspecified atom stereocenters. The molecule has 2 aromatic carbocycles. The molecule has 4 nitrogen and oxygen atoms in total. The fourth-order valence-electron chi connectivity index (χ4n) is 2.28. The molecule has 0 spiro atoms. The Kier molecular flexibility index (Phi) is 10.1.